The molecule has 1 heterocycles. The van der Waals surface area contributed by atoms with Crippen molar-refractivity contribution in [3.63, 3.8) is 0 Å². The van der Waals surface area contributed by atoms with Gasteiger partial charge in [0.05, 0.1) is 19.5 Å². The van der Waals surface area contributed by atoms with Crippen molar-refractivity contribution in [1.29, 1.82) is 0 Å². The standard InChI is InChI=1S/C20H31N3O4S/c1-7-17-18(24)23(11-10-22(4)20(25)21-13(2)3)19(28-17)14-8-9-15(26-5)16(12-14)27-6/h8-9,12-13,17,19H,7,10-11H2,1-6H3,(H,21,25). The average molecular weight is 410 g/mol. The van der Waals surface area contributed by atoms with Gasteiger partial charge in [0.1, 0.15) is 5.37 Å². The number of carbonyl (C=O) groups is 2. The number of hydrogen-bond acceptors (Lipinski definition) is 5. The second kappa shape index (κ2) is 9.91. The summed E-state index contributed by atoms with van der Waals surface area (Å²) in [6, 6.07) is 5.68. The van der Waals surface area contributed by atoms with Crippen molar-refractivity contribution in [2.75, 3.05) is 34.4 Å². The van der Waals surface area contributed by atoms with Crippen LogP contribution in [0.3, 0.4) is 0 Å². The summed E-state index contributed by atoms with van der Waals surface area (Å²) in [5.74, 6) is 1.41. The number of thioether (sulfide) groups is 1. The van der Waals surface area contributed by atoms with E-state index in [1.807, 2.05) is 43.9 Å². The molecule has 1 aromatic carbocycles. The minimum absolute atomic E-state index is 0.0721. The van der Waals surface area contributed by atoms with Crippen LogP contribution in [0.1, 0.15) is 38.1 Å². The molecule has 1 saturated heterocycles. The van der Waals surface area contributed by atoms with E-state index in [0.717, 1.165) is 12.0 Å². The van der Waals surface area contributed by atoms with Crippen LogP contribution in [0.25, 0.3) is 0 Å². The number of benzene rings is 1. The number of likely N-dealkylation sites (N-methyl/N-ethyl adjacent to an activating group) is 1. The van der Waals surface area contributed by atoms with Gasteiger partial charge in [-0.25, -0.2) is 4.79 Å². The van der Waals surface area contributed by atoms with Gasteiger partial charge in [0.25, 0.3) is 0 Å². The first-order chi connectivity index (χ1) is 13.3. The van der Waals surface area contributed by atoms with Gasteiger partial charge in [0.15, 0.2) is 11.5 Å². The predicted molar refractivity (Wildman–Crippen MR) is 112 cm³/mol. The molecule has 8 heteroatoms. The lowest BCUT2D eigenvalue weighted by atomic mass is 10.1. The molecule has 2 rings (SSSR count). The number of nitrogens with zero attached hydrogens (tertiary/aromatic N) is 2. The molecule has 0 bridgehead atoms. The highest BCUT2D eigenvalue weighted by Crippen LogP contribution is 2.45. The van der Waals surface area contributed by atoms with E-state index in [9.17, 15) is 9.59 Å². The molecule has 156 valence electrons. The van der Waals surface area contributed by atoms with Crippen LogP contribution >= 0.6 is 11.8 Å². The van der Waals surface area contributed by atoms with Crippen LogP contribution in [0.4, 0.5) is 4.79 Å². The molecule has 3 amide bonds. The summed E-state index contributed by atoms with van der Waals surface area (Å²) in [6.07, 6.45) is 0.771. The molecule has 0 aromatic heterocycles. The van der Waals surface area contributed by atoms with Gasteiger partial charge < -0.3 is 24.6 Å². The van der Waals surface area contributed by atoms with Gasteiger partial charge in [-0.3, -0.25) is 4.79 Å². The molecule has 0 aliphatic carbocycles. The SMILES string of the molecule is CCC1SC(c2ccc(OC)c(OC)c2)N(CCN(C)C(=O)NC(C)C)C1=O. The fourth-order valence-corrected chi connectivity index (χ4v) is 4.48. The molecular formula is C20H31N3O4S. The molecule has 1 fully saturated rings. The third-order valence-corrected chi connectivity index (χ3v) is 6.28. The summed E-state index contributed by atoms with van der Waals surface area (Å²) in [4.78, 5) is 28.5. The molecule has 28 heavy (non-hydrogen) atoms. The van der Waals surface area contributed by atoms with Crippen LogP contribution in [0.15, 0.2) is 18.2 Å². The zero-order chi connectivity index (χ0) is 20.8. The topological polar surface area (TPSA) is 71.1 Å². The van der Waals surface area contributed by atoms with Crippen molar-refractivity contribution in [1.82, 2.24) is 15.1 Å². The van der Waals surface area contributed by atoms with Crippen LogP contribution < -0.4 is 14.8 Å². The Morgan fingerprint density at radius 2 is 1.96 bits per heavy atom. The van der Waals surface area contributed by atoms with Crippen LogP contribution in [-0.2, 0) is 4.79 Å². The highest BCUT2D eigenvalue weighted by atomic mass is 32.2. The van der Waals surface area contributed by atoms with E-state index in [1.165, 1.54) is 0 Å². The fourth-order valence-electron chi connectivity index (χ4n) is 3.07. The maximum absolute atomic E-state index is 12.9. The third-order valence-electron chi connectivity index (χ3n) is 4.63. The first kappa shape index (κ1) is 22.2. The van der Waals surface area contributed by atoms with Crippen LogP contribution in [0, 0.1) is 0 Å². The smallest absolute Gasteiger partial charge is 0.317 e. The highest BCUT2D eigenvalue weighted by molar-refractivity contribution is 8.01. The lowest BCUT2D eigenvalue weighted by Gasteiger charge is -2.27. The maximum atomic E-state index is 12.9. The van der Waals surface area contributed by atoms with Gasteiger partial charge in [-0.05, 0) is 38.0 Å². The number of methoxy groups -OCH3 is 2. The van der Waals surface area contributed by atoms with E-state index in [0.29, 0.717) is 24.6 Å². The molecule has 2 unspecified atom stereocenters. The molecule has 1 aromatic rings. The van der Waals surface area contributed by atoms with Crippen LogP contribution in [0.5, 0.6) is 11.5 Å². The Bertz CT molecular complexity index is 698. The Morgan fingerprint density at radius 1 is 1.29 bits per heavy atom. The Hall–Kier alpha value is -2.09. The van der Waals surface area contributed by atoms with E-state index in [1.54, 1.807) is 37.9 Å². The minimum atomic E-state index is -0.135. The highest BCUT2D eigenvalue weighted by Gasteiger charge is 2.40. The van der Waals surface area contributed by atoms with Crippen LogP contribution in [0.2, 0.25) is 0 Å². The van der Waals surface area contributed by atoms with Gasteiger partial charge in [-0.2, -0.15) is 0 Å². The third kappa shape index (κ3) is 5.04. The summed E-state index contributed by atoms with van der Waals surface area (Å²) in [7, 11) is 4.94. The summed E-state index contributed by atoms with van der Waals surface area (Å²) >= 11 is 1.64. The Labute approximate surface area is 171 Å². The summed E-state index contributed by atoms with van der Waals surface area (Å²) < 4.78 is 10.7. The summed E-state index contributed by atoms with van der Waals surface area (Å²) in [5, 5.41) is 2.68. The first-order valence-electron chi connectivity index (χ1n) is 9.51. The van der Waals surface area contributed by atoms with E-state index >= 15 is 0 Å². The summed E-state index contributed by atoms with van der Waals surface area (Å²) in [6.45, 7) is 6.80. The zero-order valence-electron chi connectivity index (χ0n) is 17.5. The first-order valence-corrected chi connectivity index (χ1v) is 10.5. The van der Waals surface area contributed by atoms with Crippen molar-refractivity contribution in [3.05, 3.63) is 23.8 Å². The Morgan fingerprint density at radius 3 is 2.54 bits per heavy atom. The number of amides is 3. The van der Waals surface area contributed by atoms with Gasteiger partial charge in [-0.15, -0.1) is 11.8 Å². The normalized spacial score (nSPS) is 19.1. The van der Waals surface area contributed by atoms with E-state index < -0.39 is 0 Å². The number of rotatable bonds is 8. The predicted octanol–water partition coefficient (Wildman–Crippen LogP) is 3.11. The summed E-state index contributed by atoms with van der Waals surface area (Å²) in [5.41, 5.74) is 0.987. The molecule has 1 N–H and O–H groups in total. The second-order valence-corrected chi connectivity index (χ2v) is 8.34. The molecule has 0 spiro atoms. The largest absolute Gasteiger partial charge is 0.493 e. The van der Waals surface area contributed by atoms with E-state index in [-0.39, 0.29) is 28.6 Å². The number of hydrogen-bond donors (Lipinski definition) is 1. The van der Waals surface area contributed by atoms with Crippen molar-refractivity contribution in [2.45, 2.75) is 43.9 Å². The Balaban J connectivity index is 2.18. The van der Waals surface area contributed by atoms with Crippen molar-refractivity contribution in [2.24, 2.45) is 0 Å². The average Bonchev–Trinajstić information content (AvgIpc) is 3.00. The quantitative estimate of drug-likeness (QED) is 0.714. The van der Waals surface area contributed by atoms with E-state index in [2.05, 4.69) is 5.32 Å². The van der Waals surface area contributed by atoms with Gasteiger partial charge in [0, 0.05) is 26.2 Å². The molecular weight excluding hydrogens is 378 g/mol. The molecule has 0 radical (unpaired) electrons. The molecule has 1 aliphatic rings. The Kier molecular flexibility index (Phi) is 7.86. The lowest BCUT2D eigenvalue weighted by Crippen LogP contribution is -2.44. The fraction of sp³-hybridized carbons (Fsp3) is 0.600. The minimum Gasteiger partial charge on any atom is -0.493 e. The number of carbonyl (C=O) groups excluding carboxylic acids is 2. The van der Waals surface area contributed by atoms with Gasteiger partial charge in [-0.1, -0.05) is 13.0 Å². The molecule has 1 aliphatic heterocycles. The van der Waals surface area contributed by atoms with Crippen LogP contribution in [-0.4, -0.2) is 67.4 Å². The number of nitrogens with one attached hydrogen (secondary N) is 1. The zero-order valence-corrected chi connectivity index (χ0v) is 18.3. The lowest BCUT2D eigenvalue weighted by molar-refractivity contribution is -0.130. The second-order valence-electron chi connectivity index (χ2n) is 7.06. The van der Waals surface area contributed by atoms with Crippen molar-refractivity contribution in [3.8, 4) is 11.5 Å². The number of urea groups is 1. The molecule has 0 saturated carbocycles. The van der Waals surface area contributed by atoms with Crippen molar-refractivity contribution >= 4 is 23.7 Å². The van der Waals surface area contributed by atoms with Gasteiger partial charge in [0.2, 0.25) is 5.91 Å². The number of ether oxygens (including phenoxy) is 2. The van der Waals surface area contributed by atoms with Crippen molar-refractivity contribution < 1.29 is 19.1 Å². The molecule has 7 nitrogen and oxygen atoms in total. The maximum Gasteiger partial charge on any atom is 0.317 e. The monoisotopic (exact) mass is 409 g/mol. The van der Waals surface area contributed by atoms with E-state index in [4.69, 9.17) is 9.47 Å². The van der Waals surface area contributed by atoms with Gasteiger partial charge >= 0.3 is 6.03 Å². The molecule has 2 atom stereocenters.